The molecule has 1 fully saturated rings. The molecule has 0 aromatic rings. The minimum Gasteiger partial charge on any atom is -0.481 e. The van der Waals surface area contributed by atoms with Crippen molar-refractivity contribution in [2.24, 2.45) is 0 Å². The molecule has 1 aliphatic rings. The number of urea groups is 1. The summed E-state index contributed by atoms with van der Waals surface area (Å²) in [5, 5.41) is 10.7. The van der Waals surface area contributed by atoms with Gasteiger partial charge in [0.15, 0.2) is 0 Å². The van der Waals surface area contributed by atoms with Gasteiger partial charge in [-0.25, -0.2) is 4.79 Å². The van der Waals surface area contributed by atoms with E-state index in [-0.39, 0.29) is 31.5 Å². The van der Waals surface area contributed by atoms with Crippen molar-refractivity contribution in [1.29, 1.82) is 0 Å². The third kappa shape index (κ3) is 4.78. The fourth-order valence-electron chi connectivity index (χ4n) is 2.02. The van der Waals surface area contributed by atoms with Crippen LogP contribution in [0.3, 0.4) is 0 Å². The van der Waals surface area contributed by atoms with E-state index in [0.29, 0.717) is 13.1 Å². The SMILES string of the molecule is COC1CN(C(=O)NC(=O)CCCC(=O)O)CC1OC. The Hall–Kier alpha value is -1.67. The number of carbonyl (C=O) groups excluding carboxylic acids is 2. The lowest BCUT2D eigenvalue weighted by molar-refractivity contribution is -0.137. The van der Waals surface area contributed by atoms with Crippen molar-refractivity contribution in [3.05, 3.63) is 0 Å². The highest BCUT2D eigenvalue weighted by Crippen LogP contribution is 2.15. The molecule has 0 spiro atoms. The van der Waals surface area contributed by atoms with Gasteiger partial charge in [-0.3, -0.25) is 14.9 Å². The molecule has 20 heavy (non-hydrogen) atoms. The third-order valence-corrected chi connectivity index (χ3v) is 3.15. The number of carboxylic acid groups (broad SMARTS) is 1. The smallest absolute Gasteiger partial charge is 0.324 e. The van der Waals surface area contributed by atoms with Crippen LogP contribution in [0.5, 0.6) is 0 Å². The molecule has 0 radical (unpaired) electrons. The van der Waals surface area contributed by atoms with E-state index in [0.717, 1.165) is 0 Å². The van der Waals surface area contributed by atoms with Gasteiger partial charge in [0.1, 0.15) is 12.2 Å². The molecule has 0 aliphatic carbocycles. The Labute approximate surface area is 117 Å². The molecule has 0 aromatic carbocycles. The molecule has 2 atom stereocenters. The van der Waals surface area contributed by atoms with Crippen molar-refractivity contribution in [1.82, 2.24) is 10.2 Å². The van der Waals surface area contributed by atoms with Gasteiger partial charge in [0, 0.05) is 27.1 Å². The summed E-state index contributed by atoms with van der Waals surface area (Å²) in [7, 11) is 3.07. The molecule has 8 heteroatoms. The Morgan fingerprint density at radius 1 is 1.15 bits per heavy atom. The maximum absolute atomic E-state index is 11.8. The number of hydrogen-bond donors (Lipinski definition) is 2. The lowest BCUT2D eigenvalue weighted by Crippen LogP contribution is -2.42. The van der Waals surface area contributed by atoms with Crippen molar-refractivity contribution >= 4 is 17.9 Å². The van der Waals surface area contributed by atoms with E-state index >= 15 is 0 Å². The van der Waals surface area contributed by atoms with Crippen molar-refractivity contribution in [3.63, 3.8) is 0 Å². The van der Waals surface area contributed by atoms with Gasteiger partial charge in [0.2, 0.25) is 5.91 Å². The summed E-state index contributed by atoms with van der Waals surface area (Å²) in [6, 6.07) is -0.507. The van der Waals surface area contributed by atoms with E-state index in [1.165, 1.54) is 19.1 Å². The average Bonchev–Trinajstić information content (AvgIpc) is 2.81. The molecule has 1 saturated heterocycles. The van der Waals surface area contributed by atoms with Gasteiger partial charge in [-0.1, -0.05) is 0 Å². The Morgan fingerprint density at radius 3 is 2.15 bits per heavy atom. The Morgan fingerprint density at radius 2 is 1.70 bits per heavy atom. The zero-order chi connectivity index (χ0) is 15.1. The first kappa shape index (κ1) is 16.4. The maximum Gasteiger partial charge on any atom is 0.324 e. The number of likely N-dealkylation sites (tertiary alicyclic amines) is 1. The Bertz CT molecular complexity index is 361. The topological polar surface area (TPSA) is 105 Å². The molecule has 114 valence electrons. The van der Waals surface area contributed by atoms with Gasteiger partial charge in [-0.15, -0.1) is 0 Å². The van der Waals surface area contributed by atoms with E-state index in [1.54, 1.807) is 0 Å². The molecule has 1 heterocycles. The zero-order valence-corrected chi connectivity index (χ0v) is 11.6. The summed E-state index contributed by atoms with van der Waals surface area (Å²) < 4.78 is 10.4. The highest BCUT2D eigenvalue weighted by molar-refractivity contribution is 5.94. The number of rotatable bonds is 6. The third-order valence-electron chi connectivity index (χ3n) is 3.15. The summed E-state index contributed by atoms with van der Waals surface area (Å²) in [5.74, 6) is -1.44. The number of hydrogen-bond acceptors (Lipinski definition) is 5. The summed E-state index contributed by atoms with van der Waals surface area (Å²) >= 11 is 0. The van der Waals surface area contributed by atoms with Gasteiger partial charge in [-0.05, 0) is 6.42 Å². The maximum atomic E-state index is 11.8. The second-order valence-corrected chi connectivity index (χ2v) is 4.55. The van der Waals surface area contributed by atoms with Crippen molar-refractivity contribution < 1.29 is 29.0 Å². The first-order valence-corrected chi connectivity index (χ1v) is 6.34. The number of imide groups is 1. The standard InChI is InChI=1S/C12H20N2O6/c1-19-8-6-14(7-9(8)20-2)12(18)13-10(15)4-3-5-11(16)17/h8-9H,3-7H2,1-2H3,(H,16,17)(H,13,15,18). The first-order chi connectivity index (χ1) is 9.47. The molecule has 2 unspecified atom stereocenters. The number of carbonyl (C=O) groups is 3. The molecule has 1 aliphatic heterocycles. The molecular weight excluding hydrogens is 268 g/mol. The molecule has 0 saturated carbocycles. The largest absolute Gasteiger partial charge is 0.481 e. The van der Waals surface area contributed by atoms with Crippen LogP contribution in [0.4, 0.5) is 4.79 Å². The second-order valence-electron chi connectivity index (χ2n) is 4.55. The molecule has 0 aromatic heterocycles. The number of aliphatic carboxylic acids is 1. The van der Waals surface area contributed by atoms with E-state index in [2.05, 4.69) is 5.32 Å². The molecular formula is C12H20N2O6. The zero-order valence-electron chi connectivity index (χ0n) is 11.6. The molecule has 2 N–H and O–H groups in total. The van der Waals surface area contributed by atoms with E-state index in [4.69, 9.17) is 14.6 Å². The highest BCUT2D eigenvalue weighted by atomic mass is 16.5. The number of methoxy groups -OCH3 is 2. The lowest BCUT2D eigenvalue weighted by atomic mass is 10.2. The molecule has 1 rings (SSSR count). The van der Waals surface area contributed by atoms with Crippen LogP contribution in [-0.4, -0.2) is 67.4 Å². The van der Waals surface area contributed by atoms with Crippen molar-refractivity contribution in [2.75, 3.05) is 27.3 Å². The summed E-state index contributed by atoms with van der Waals surface area (Å²) in [6.45, 7) is 0.701. The van der Waals surface area contributed by atoms with Crippen LogP contribution in [0.1, 0.15) is 19.3 Å². The average molecular weight is 288 g/mol. The van der Waals surface area contributed by atoms with Gasteiger partial charge < -0.3 is 19.5 Å². The first-order valence-electron chi connectivity index (χ1n) is 6.34. The van der Waals surface area contributed by atoms with Gasteiger partial charge in [0.05, 0.1) is 13.1 Å². The second kappa shape index (κ2) is 7.81. The minimum atomic E-state index is -0.963. The van der Waals surface area contributed by atoms with Crippen molar-refractivity contribution in [3.8, 4) is 0 Å². The van der Waals surface area contributed by atoms with Gasteiger partial charge in [0.25, 0.3) is 0 Å². The number of carboxylic acids is 1. The Kier molecular flexibility index (Phi) is 6.40. The molecule has 3 amide bonds. The number of nitrogens with one attached hydrogen (secondary N) is 1. The van der Waals surface area contributed by atoms with E-state index in [9.17, 15) is 14.4 Å². The van der Waals surface area contributed by atoms with Crippen LogP contribution in [-0.2, 0) is 19.1 Å². The number of nitrogens with zero attached hydrogens (tertiary/aromatic N) is 1. The van der Waals surface area contributed by atoms with Crippen LogP contribution in [0.2, 0.25) is 0 Å². The monoisotopic (exact) mass is 288 g/mol. The number of ether oxygens (including phenoxy) is 2. The van der Waals surface area contributed by atoms with Crippen LogP contribution >= 0.6 is 0 Å². The van der Waals surface area contributed by atoms with Crippen molar-refractivity contribution in [2.45, 2.75) is 31.5 Å². The summed E-state index contributed by atoms with van der Waals surface area (Å²) in [6.07, 6.45) is -0.313. The predicted octanol–water partition coefficient (Wildman–Crippen LogP) is -0.177. The highest BCUT2D eigenvalue weighted by Gasteiger charge is 2.35. The number of amides is 3. The summed E-state index contributed by atoms with van der Waals surface area (Å²) in [5.41, 5.74) is 0. The lowest BCUT2D eigenvalue weighted by Gasteiger charge is -2.15. The fraction of sp³-hybridized carbons (Fsp3) is 0.750. The van der Waals surface area contributed by atoms with Crippen LogP contribution in [0.15, 0.2) is 0 Å². The van der Waals surface area contributed by atoms with E-state index < -0.39 is 17.9 Å². The van der Waals surface area contributed by atoms with E-state index in [1.807, 2.05) is 0 Å². The van der Waals surface area contributed by atoms with Gasteiger partial charge >= 0.3 is 12.0 Å². The molecule has 0 bridgehead atoms. The summed E-state index contributed by atoms with van der Waals surface area (Å²) in [4.78, 5) is 35.1. The van der Waals surface area contributed by atoms with Gasteiger partial charge in [-0.2, -0.15) is 0 Å². The fourth-order valence-corrected chi connectivity index (χ4v) is 2.02. The minimum absolute atomic E-state index is 0.00723. The van der Waals surface area contributed by atoms with Crippen LogP contribution in [0, 0.1) is 0 Å². The normalized spacial score (nSPS) is 21.8. The predicted molar refractivity (Wildman–Crippen MR) is 68.2 cm³/mol. The quantitative estimate of drug-likeness (QED) is 0.702. The Balaban J connectivity index is 2.36. The molecule has 8 nitrogen and oxygen atoms in total. The van der Waals surface area contributed by atoms with Crippen LogP contribution in [0.25, 0.3) is 0 Å². The van der Waals surface area contributed by atoms with Crippen LogP contribution < -0.4 is 5.32 Å².